The summed E-state index contributed by atoms with van der Waals surface area (Å²) < 4.78 is 5.21. The van der Waals surface area contributed by atoms with Crippen molar-refractivity contribution in [3.63, 3.8) is 0 Å². The molecule has 0 unspecified atom stereocenters. The summed E-state index contributed by atoms with van der Waals surface area (Å²) in [5.74, 6) is 0.958. The number of phenols is 1. The van der Waals surface area contributed by atoms with Gasteiger partial charge in [0, 0.05) is 43.0 Å². The minimum atomic E-state index is -0.0790. The lowest BCUT2D eigenvalue weighted by Gasteiger charge is -2.36. The summed E-state index contributed by atoms with van der Waals surface area (Å²) in [6.45, 7) is 4.84. The van der Waals surface area contributed by atoms with Crippen LogP contribution in [0, 0.1) is 6.92 Å². The maximum Gasteiger partial charge on any atom is 0.254 e. The summed E-state index contributed by atoms with van der Waals surface area (Å²) in [6, 6.07) is 17.2. The van der Waals surface area contributed by atoms with E-state index >= 15 is 0 Å². The van der Waals surface area contributed by atoms with Crippen molar-refractivity contribution in [2.45, 2.75) is 6.92 Å². The third kappa shape index (κ3) is 3.87. The molecule has 1 aliphatic heterocycles. The van der Waals surface area contributed by atoms with Crippen molar-refractivity contribution < 1.29 is 14.6 Å². The molecule has 3 aromatic carbocycles. The number of carbonyl (C=O) groups excluding carboxylic acids is 1. The predicted molar refractivity (Wildman–Crippen MR) is 133 cm³/mol. The topological polar surface area (TPSA) is 108 Å². The molecule has 1 saturated heterocycles. The summed E-state index contributed by atoms with van der Waals surface area (Å²) in [6.07, 6.45) is 0. The molecule has 0 bridgehead atoms. The van der Waals surface area contributed by atoms with Crippen molar-refractivity contribution in [3.05, 3.63) is 65.7 Å². The second-order valence-corrected chi connectivity index (χ2v) is 8.50. The third-order valence-corrected chi connectivity index (χ3v) is 6.37. The Hall–Kier alpha value is -4.20. The lowest BCUT2D eigenvalue weighted by molar-refractivity contribution is 0.0746. The number of aryl methyl sites for hydroxylation is 1. The fourth-order valence-corrected chi connectivity index (χ4v) is 4.40. The van der Waals surface area contributed by atoms with Gasteiger partial charge in [-0.2, -0.15) is 0 Å². The Morgan fingerprint density at radius 3 is 2.59 bits per heavy atom. The van der Waals surface area contributed by atoms with E-state index in [9.17, 15) is 9.90 Å². The van der Waals surface area contributed by atoms with E-state index in [1.165, 1.54) is 7.11 Å². The molecule has 4 N–H and O–H groups in total. The van der Waals surface area contributed by atoms with Crippen LogP contribution in [-0.4, -0.2) is 59.2 Å². The average molecular weight is 458 g/mol. The number of benzene rings is 3. The van der Waals surface area contributed by atoms with Crippen LogP contribution in [0.15, 0.2) is 54.6 Å². The van der Waals surface area contributed by atoms with E-state index in [2.05, 4.69) is 27.0 Å². The van der Waals surface area contributed by atoms with E-state index in [4.69, 9.17) is 10.5 Å². The van der Waals surface area contributed by atoms with Gasteiger partial charge in [-0.1, -0.05) is 18.2 Å². The summed E-state index contributed by atoms with van der Waals surface area (Å²) in [7, 11) is 1.48. The van der Waals surface area contributed by atoms with Gasteiger partial charge in [0.25, 0.3) is 5.91 Å². The fraction of sp³-hybridized carbons (Fsp3) is 0.231. The number of anilines is 2. The summed E-state index contributed by atoms with van der Waals surface area (Å²) >= 11 is 0. The third-order valence-electron chi connectivity index (χ3n) is 6.37. The van der Waals surface area contributed by atoms with Crippen molar-refractivity contribution >= 4 is 28.3 Å². The minimum Gasteiger partial charge on any atom is -0.503 e. The molecule has 1 fully saturated rings. The molecular formula is C26H27N5O3. The molecule has 0 aliphatic carbocycles. The van der Waals surface area contributed by atoms with Crippen LogP contribution in [0.25, 0.3) is 22.4 Å². The van der Waals surface area contributed by atoms with Crippen molar-refractivity contribution in [2.75, 3.05) is 43.9 Å². The number of piperazine rings is 1. The Morgan fingerprint density at radius 1 is 1.09 bits per heavy atom. The van der Waals surface area contributed by atoms with E-state index in [0.29, 0.717) is 24.7 Å². The zero-order valence-corrected chi connectivity index (χ0v) is 19.2. The van der Waals surface area contributed by atoms with Crippen molar-refractivity contribution in [1.29, 1.82) is 0 Å². The van der Waals surface area contributed by atoms with Gasteiger partial charge in [-0.15, -0.1) is 0 Å². The average Bonchev–Trinajstić information content (AvgIpc) is 3.29. The molecular weight excluding hydrogens is 430 g/mol. The highest BCUT2D eigenvalue weighted by Gasteiger charge is 2.23. The highest BCUT2D eigenvalue weighted by molar-refractivity contribution is 5.95. The number of carbonyl (C=O) groups is 1. The number of methoxy groups -OCH3 is 1. The van der Waals surface area contributed by atoms with Crippen LogP contribution < -0.4 is 15.4 Å². The number of hydrogen-bond acceptors (Lipinski definition) is 6. The number of fused-ring (bicyclic) bond motifs is 1. The molecule has 34 heavy (non-hydrogen) atoms. The number of imidazole rings is 1. The monoisotopic (exact) mass is 457 g/mol. The molecule has 2 heterocycles. The normalized spacial score (nSPS) is 13.9. The number of nitrogens with two attached hydrogens (primary N) is 1. The van der Waals surface area contributed by atoms with Gasteiger partial charge in [0.2, 0.25) is 0 Å². The van der Waals surface area contributed by atoms with E-state index in [-0.39, 0.29) is 17.3 Å². The maximum atomic E-state index is 12.9. The molecule has 8 heteroatoms. The zero-order chi connectivity index (χ0) is 23.8. The SMILES string of the molecule is COc1cc(-c2nc3ccc(N4CCN(C(=O)c5ccccc5C)CC4)cc3[nH]2)cc(N)c1O. The number of ether oxygens (including phenoxy) is 1. The summed E-state index contributed by atoms with van der Waals surface area (Å²) in [5.41, 5.74) is 11.5. The number of phenolic OH excluding ortho intramolecular Hbond substituents is 1. The molecule has 174 valence electrons. The molecule has 0 spiro atoms. The number of nitrogen functional groups attached to an aromatic ring is 1. The summed E-state index contributed by atoms with van der Waals surface area (Å²) in [4.78, 5) is 25.2. The molecule has 1 amide bonds. The van der Waals surface area contributed by atoms with Gasteiger partial charge in [0.05, 0.1) is 23.8 Å². The van der Waals surface area contributed by atoms with Gasteiger partial charge < -0.3 is 30.4 Å². The first kappa shape index (κ1) is 21.6. The van der Waals surface area contributed by atoms with Crippen LogP contribution in [0.2, 0.25) is 0 Å². The second kappa shape index (κ2) is 8.62. The van der Waals surface area contributed by atoms with Gasteiger partial charge in [0.15, 0.2) is 11.5 Å². The van der Waals surface area contributed by atoms with Crippen LogP contribution >= 0.6 is 0 Å². The van der Waals surface area contributed by atoms with Gasteiger partial charge in [-0.25, -0.2) is 4.98 Å². The van der Waals surface area contributed by atoms with Gasteiger partial charge >= 0.3 is 0 Å². The van der Waals surface area contributed by atoms with Gasteiger partial charge in [-0.3, -0.25) is 4.79 Å². The molecule has 8 nitrogen and oxygen atoms in total. The molecule has 0 atom stereocenters. The molecule has 5 rings (SSSR count). The second-order valence-electron chi connectivity index (χ2n) is 8.50. The van der Waals surface area contributed by atoms with Crippen molar-refractivity contribution in [3.8, 4) is 22.9 Å². The fourth-order valence-electron chi connectivity index (χ4n) is 4.40. The first-order valence-electron chi connectivity index (χ1n) is 11.2. The smallest absolute Gasteiger partial charge is 0.254 e. The quantitative estimate of drug-likeness (QED) is 0.318. The molecule has 0 saturated carbocycles. The molecule has 1 aliphatic rings. The summed E-state index contributed by atoms with van der Waals surface area (Å²) in [5, 5.41) is 10.0. The van der Waals surface area contributed by atoms with E-state index < -0.39 is 0 Å². The van der Waals surface area contributed by atoms with E-state index in [1.807, 2.05) is 42.2 Å². The maximum absolute atomic E-state index is 12.9. The van der Waals surface area contributed by atoms with E-state index in [1.54, 1.807) is 12.1 Å². The Labute approximate surface area is 197 Å². The van der Waals surface area contributed by atoms with Crippen molar-refractivity contribution in [1.82, 2.24) is 14.9 Å². The van der Waals surface area contributed by atoms with Gasteiger partial charge in [-0.05, 0) is 48.9 Å². The number of H-pyrrole nitrogens is 1. The first-order valence-corrected chi connectivity index (χ1v) is 11.2. The van der Waals surface area contributed by atoms with Crippen molar-refractivity contribution in [2.24, 2.45) is 0 Å². The number of amides is 1. The van der Waals surface area contributed by atoms with Crippen LogP contribution in [0.5, 0.6) is 11.5 Å². The Balaban J connectivity index is 1.34. The lowest BCUT2D eigenvalue weighted by atomic mass is 10.1. The lowest BCUT2D eigenvalue weighted by Crippen LogP contribution is -2.48. The molecule has 4 aromatic rings. The van der Waals surface area contributed by atoms with Crippen LogP contribution in [0.4, 0.5) is 11.4 Å². The van der Waals surface area contributed by atoms with Crippen LogP contribution in [-0.2, 0) is 0 Å². The zero-order valence-electron chi connectivity index (χ0n) is 19.2. The Bertz CT molecular complexity index is 1370. The highest BCUT2D eigenvalue weighted by Crippen LogP contribution is 2.37. The first-order chi connectivity index (χ1) is 16.4. The van der Waals surface area contributed by atoms with Gasteiger partial charge in [0.1, 0.15) is 5.82 Å². The number of aromatic hydroxyl groups is 1. The standard InChI is InChI=1S/C26H27N5O3/c1-16-5-3-4-6-19(16)26(33)31-11-9-30(10-12-31)18-7-8-21-22(15-18)29-25(28-21)17-13-20(27)24(32)23(14-17)34-2/h3-8,13-15,32H,9-12,27H2,1-2H3,(H,28,29). The van der Waals surface area contributed by atoms with Crippen LogP contribution in [0.3, 0.4) is 0 Å². The number of nitrogens with zero attached hydrogens (tertiary/aromatic N) is 3. The largest absolute Gasteiger partial charge is 0.503 e. The number of nitrogens with one attached hydrogen (secondary N) is 1. The number of rotatable bonds is 4. The number of aromatic amines is 1. The number of aromatic nitrogens is 2. The molecule has 0 radical (unpaired) electrons. The minimum absolute atomic E-state index is 0.0790. The van der Waals surface area contributed by atoms with E-state index in [0.717, 1.165) is 46.5 Å². The Morgan fingerprint density at radius 2 is 1.85 bits per heavy atom. The highest BCUT2D eigenvalue weighted by atomic mass is 16.5. The number of hydrogen-bond donors (Lipinski definition) is 3. The molecule has 1 aromatic heterocycles. The Kier molecular flexibility index (Phi) is 5.49. The van der Waals surface area contributed by atoms with Crippen LogP contribution in [0.1, 0.15) is 15.9 Å². The predicted octanol–water partition coefficient (Wildman–Crippen LogP) is 3.80.